The fourth-order valence-corrected chi connectivity index (χ4v) is 5.87. The highest BCUT2D eigenvalue weighted by atomic mass is 32.2. The van der Waals surface area contributed by atoms with Gasteiger partial charge in [-0.2, -0.15) is 4.31 Å². The summed E-state index contributed by atoms with van der Waals surface area (Å²) in [5.74, 6) is -0.0940. The second-order valence-corrected chi connectivity index (χ2v) is 10.7. The Morgan fingerprint density at radius 1 is 0.941 bits per heavy atom. The molecule has 0 bridgehead atoms. The van der Waals surface area contributed by atoms with E-state index in [2.05, 4.69) is 17.1 Å². The molecule has 0 saturated carbocycles. The number of nitrogens with zero attached hydrogens (tertiary/aromatic N) is 3. The lowest BCUT2D eigenvalue weighted by Gasteiger charge is -2.34. The minimum Gasteiger partial charge on any atom is -0.378 e. The fourth-order valence-electron chi connectivity index (χ4n) is 4.45. The molecule has 1 amide bonds. The van der Waals surface area contributed by atoms with E-state index in [1.165, 1.54) is 4.31 Å². The number of piperazine rings is 1. The molecule has 34 heavy (non-hydrogen) atoms. The molecule has 9 heteroatoms. The number of benzene rings is 2. The highest BCUT2D eigenvalue weighted by Gasteiger charge is 2.29. The number of rotatable bonds is 8. The van der Waals surface area contributed by atoms with Crippen molar-refractivity contribution in [2.75, 3.05) is 69.2 Å². The zero-order valence-corrected chi connectivity index (χ0v) is 20.6. The summed E-state index contributed by atoms with van der Waals surface area (Å²) < 4.78 is 33.0. The number of aryl methyl sites for hydroxylation is 1. The van der Waals surface area contributed by atoms with Crippen molar-refractivity contribution in [3.8, 4) is 0 Å². The third-order valence-corrected chi connectivity index (χ3v) is 8.24. The zero-order valence-electron chi connectivity index (χ0n) is 19.8. The molecule has 2 fully saturated rings. The van der Waals surface area contributed by atoms with Crippen LogP contribution in [0, 0.1) is 0 Å². The number of ether oxygens (including phenoxy) is 1. The van der Waals surface area contributed by atoms with Crippen LogP contribution in [0.25, 0.3) is 0 Å². The summed E-state index contributed by atoms with van der Waals surface area (Å²) in [6.45, 7) is 7.07. The number of sulfonamides is 1. The van der Waals surface area contributed by atoms with Crippen molar-refractivity contribution in [3.05, 3.63) is 54.1 Å². The molecule has 2 aliphatic heterocycles. The van der Waals surface area contributed by atoms with Crippen molar-refractivity contribution < 1.29 is 17.9 Å². The molecule has 1 N–H and O–H groups in total. The van der Waals surface area contributed by atoms with Crippen LogP contribution in [0.4, 0.5) is 11.4 Å². The number of hydrogen-bond donors (Lipinski definition) is 1. The highest BCUT2D eigenvalue weighted by molar-refractivity contribution is 7.89. The standard InChI is InChI=1S/C25H34N4O4S/c1-2-5-21-8-10-22(11-9-21)34(31,32)29-14-12-27(13-15-29)20-25(30)26-23-6-3-4-7-24(23)28-16-18-33-19-17-28/h3-4,6-11H,2,5,12-20H2,1H3,(H,26,30). The van der Waals surface area contributed by atoms with Crippen LogP contribution < -0.4 is 10.2 Å². The number of carbonyl (C=O) groups excluding carboxylic acids is 1. The monoisotopic (exact) mass is 486 g/mol. The Balaban J connectivity index is 1.31. The molecule has 0 spiro atoms. The van der Waals surface area contributed by atoms with Gasteiger partial charge in [-0.1, -0.05) is 37.6 Å². The Bertz CT molecular complexity index is 1060. The van der Waals surface area contributed by atoms with Crippen LogP contribution in [-0.2, 0) is 26.0 Å². The van der Waals surface area contributed by atoms with Crippen molar-refractivity contribution in [2.45, 2.75) is 24.7 Å². The van der Waals surface area contributed by atoms with E-state index in [1.807, 2.05) is 41.3 Å². The Morgan fingerprint density at radius 3 is 2.29 bits per heavy atom. The van der Waals surface area contributed by atoms with Gasteiger partial charge in [-0.25, -0.2) is 8.42 Å². The molecule has 2 aromatic carbocycles. The van der Waals surface area contributed by atoms with Crippen LogP contribution >= 0.6 is 0 Å². The average molecular weight is 487 g/mol. The Labute approximate surface area is 202 Å². The van der Waals surface area contributed by atoms with E-state index in [0.29, 0.717) is 44.3 Å². The normalized spacial score (nSPS) is 18.1. The number of nitrogens with one attached hydrogen (secondary N) is 1. The molecule has 2 heterocycles. The molecule has 0 atom stereocenters. The van der Waals surface area contributed by atoms with Gasteiger partial charge in [-0.05, 0) is 36.2 Å². The predicted octanol–water partition coefficient (Wildman–Crippen LogP) is 2.42. The van der Waals surface area contributed by atoms with Crippen LogP contribution in [-0.4, -0.2) is 82.6 Å². The number of carbonyl (C=O) groups is 1. The molecular weight excluding hydrogens is 452 g/mol. The Kier molecular flexibility index (Phi) is 8.20. The third kappa shape index (κ3) is 5.96. The summed E-state index contributed by atoms with van der Waals surface area (Å²) in [6.07, 6.45) is 1.97. The van der Waals surface area contributed by atoms with Gasteiger partial charge in [0.2, 0.25) is 15.9 Å². The molecule has 8 nitrogen and oxygen atoms in total. The lowest BCUT2D eigenvalue weighted by molar-refractivity contribution is -0.117. The van der Waals surface area contributed by atoms with E-state index in [-0.39, 0.29) is 12.5 Å². The molecule has 4 rings (SSSR count). The first-order valence-electron chi connectivity index (χ1n) is 12.0. The van der Waals surface area contributed by atoms with Crippen molar-refractivity contribution in [3.63, 3.8) is 0 Å². The Morgan fingerprint density at radius 2 is 1.62 bits per heavy atom. The van der Waals surface area contributed by atoms with Gasteiger partial charge in [0.05, 0.1) is 36.0 Å². The number of amides is 1. The van der Waals surface area contributed by atoms with Gasteiger partial charge in [0.25, 0.3) is 0 Å². The summed E-state index contributed by atoms with van der Waals surface area (Å²) in [5, 5.41) is 3.04. The second-order valence-electron chi connectivity index (χ2n) is 8.74. The largest absolute Gasteiger partial charge is 0.378 e. The van der Waals surface area contributed by atoms with Crippen molar-refractivity contribution >= 4 is 27.3 Å². The first-order chi connectivity index (χ1) is 16.5. The average Bonchev–Trinajstić information content (AvgIpc) is 2.86. The molecule has 184 valence electrons. The van der Waals surface area contributed by atoms with Crippen LogP contribution in [0.15, 0.2) is 53.4 Å². The van der Waals surface area contributed by atoms with Gasteiger partial charge in [-0.15, -0.1) is 0 Å². The van der Waals surface area contributed by atoms with E-state index in [1.54, 1.807) is 12.1 Å². The van der Waals surface area contributed by atoms with Gasteiger partial charge in [0, 0.05) is 39.3 Å². The smallest absolute Gasteiger partial charge is 0.243 e. The molecule has 2 aliphatic rings. The van der Waals surface area contributed by atoms with E-state index < -0.39 is 10.0 Å². The zero-order chi connectivity index (χ0) is 24.0. The highest BCUT2D eigenvalue weighted by Crippen LogP contribution is 2.26. The molecule has 0 unspecified atom stereocenters. The van der Waals surface area contributed by atoms with Crippen molar-refractivity contribution in [2.24, 2.45) is 0 Å². The number of para-hydroxylation sites is 2. The molecule has 0 radical (unpaired) electrons. The van der Waals surface area contributed by atoms with E-state index in [9.17, 15) is 13.2 Å². The van der Waals surface area contributed by atoms with Gasteiger partial charge < -0.3 is 15.0 Å². The first kappa shape index (κ1) is 24.7. The molecule has 2 aromatic rings. The number of anilines is 2. The lowest BCUT2D eigenvalue weighted by atomic mass is 10.1. The van der Waals surface area contributed by atoms with Gasteiger partial charge in [0.15, 0.2) is 0 Å². The summed E-state index contributed by atoms with van der Waals surface area (Å²) in [6, 6.07) is 15.0. The topological polar surface area (TPSA) is 82.2 Å². The van der Waals surface area contributed by atoms with E-state index in [0.717, 1.165) is 42.9 Å². The summed E-state index contributed by atoms with van der Waals surface area (Å²) in [4.78, 5) is 17.3. The second kappa shape index (κ2) is 11.3. The lowest BCUT2D eigenvalue weighted by Crippen LogP contribution is -2.50. The summed E-state index contributed by atoms with van der Waals surface area (Å²) in [5.41, 5.74) is 2.94. The van der Waals surface area contributed by atoms with Crippen LogP contribution in [0.2, 0.25) is 0 Å². The maximum absolute atomic E-state index is 13.0. The number of morpholine rings is 1. The maximum Gasteiger partial charge on any atom is 0.243 e. The molecule has 0 aliphatic carbocycles. The predicted molar refractivity (Wildman–Crippen MR) is 134 cm³/mol. The van der Waals surface area contributed by atoms with Crippen LogP contribution in [0.1, 0.15) is 18.9 Å². The van der Waals surface area contributed by atoms with E-state index in [4.69, 9.17) is 4.74 Å². The third-order valence-electron chi connectivity index (χ3n) is 6.33. The Hall–Kier alpha value is -2.46. The van der Waals surface area contributed by atoms with Gasteiger partial charge in [0.1, 0.15) is 0 Å². The minimum atomic E-state index is -3.52. The minimum absolute atomic E-state index is 0.0940. The van der Waals surface area contributed by atoms with Crippen molar-refractivity contribution in [1.82, 2.24) is 9.21 Å². The van der Waals surface area contributed by atoms with Crippen LogP contribution in [0.3, 0.4) is 0 Å². The first-order valence-corrected chi connectivity index (χ1v) is 13.4. The SMILES string of the molecule is CCCc1ccc(S(=O)(=O)N2CCN(CC(=O)Nc3ccccc3N3CCOCC3)CC2)cc1. The maximum atomic E-state index is 13.0. The number of hydrogen-bond acceptors (Lipinski definition) is 6. The quantitative estimate of drug-likeness (QED) is 0.617. The van der Waals surface area contributed by atoms with Gasteiger partial charge in [-0.3, -0.25) is 9.69 Å². The van der Waals surface area contributed by atoms with Crippen LogP contribution in [0.5, 0.6) is 0 Å². The summed E-state index contributed by atoms with van der Waals surface area (Å²) >= 11 is 0. The molecule has 0 aromatic heterocycles. The fraction of sp³-hybridized carbons (Fsp3) is 0.480. The van der Waals surface area contributed by atoms with Gasteiger partial charge >= 0.3 is 0 Å². The van der Waals surface area contributed by atoms with E-state index >= 15 is 0 Å². The molecule has 2 saturated heterocycles. The van der Waals surface area contributed by atoms with Crippen molar-refractivity contribution in [1.29, 1.82) is 0 Å². The summed E-state index contributed by atoms with van der Waals surface area (Å²) in [7, 11) is -3.52. The molecular formula is C25H34N4O4S.